The quantitative estimate of drug-likeness (QED) is 0.727. The number of amides is 2. The third-order valence-electron chi connectivity index (χ3n) is 4.30. The molecular weight excluding hydrogens is 299 g/mol. The van der Waals surface area contributed by atoms with Gasteiger partial charge in [-0.1, -0.05) is 31.4 Å². The highest BCUT2D eigenvalue weighted by molar-refractivity contribution is 6.39. The molecule has 1 aromatic rings. The number of nitrogens with one attached hydrogen (secondary N) is 2. The van der Waals surface area contributed by atoms with Gasteiger partial charge in [-0.05, 0) is 37.3 Å². The first-order valence-electron chi connectivity index (χ1n) is 8.09. The maximum atomic E-state index is 13.5. The lowest BCUT2D eigenvalue weighted by molar-refractivity contribution is -0.137. The standard InChI is InChI=1S/C17H23FN2O3/c18-13-8-4-5-9-15(13)20-17(23)16(22)19-14(10-11-21)12-6-2-1-3-7-12/h4-5,8-9,12,14,21H,1-3,6-7,10-11H2,(H,19,22)(H,20,23). The van der Waals surface area contributed by atoms with Gasteiger partial charge in [0.1, 0.15) is 5.82 Å². The Morgan fingerprint density at radius 2 is 1.87 bits per heavy atom. The lowest BCUT2D eigenvalue weighted by atomic mass is 9.82. The lowest BCUT2D eigenvalue weighted by Crippen LogP contribution is -2.46. The van der Waals surface area contributed by atoms with E-state index in [4.69, 9.17) is 0 Å². The lowest BCUT2D eigenvalue weighted by Gasteiger charge is -2.30. The van der Waals surface area contributed by atoms with Crippen LogP contribution >= 0.6 is 0 Å². The molecule has 0 aliphatic heterocycles. The van der Waals surface area contributed by atoms with Crippen LogP contribution in [0.1, 0.15) is 38.5 Å². The van der Waals surface area contributed by atoms with Gasteiger partial charge in [0.15, 0.2) is 0 Å². The molecule has 1 aliphatic carbocycles. The normalized spacial score (nSPS) is 16.6. The molecule has 1 fully saturated rings. The zero-order valence-corrected chi connectivity index (χ0v) is 13.1. The minimum absolute atomic E-state index is 0.0241. The minimum atomic E-state index is -0.895. The molecule has 0 saturated heterocycles. The van der Waals surface area contributed by atoms with Gasteiger partial charge in [-0.25, -0.2) is 4.39 Å². The molecule has 1 aliphatic rings. The molecule has 0 radical (unpaired) electrons. The second-order valence-electron chi connectivity index (χ2n) is 5.92. The SMILES string of the molecule is O=C(Nc1ccccc1F)C(=O)NC(CCO)C1CCCCC1. The molecule has 3 N–H and O–H groups in total. The van der Waals surface area contributed by atoms with Crippen molar-refractivity contribution < 1.29 is 19.1 Å². The maximum Gasteiger partial charge on any atom is 0.313 e. The van der Waals surface area contributed by atoms with Crippen LogP contribution in [0.4, 0.5) is 10.1 Å². The Hall–Kier alpha value is -1.95. The number of halogens is 1. The molecular formula is C17H23FN2O3. The molecule has 0 aromatic heterocycles. The van der Waals surface area contributed by atoms with E-state index >= 15 is 0 Å². The summed E-state index contributed by atoms with van der Waals surface area (Å²) in [4.78, 5) is 24.0. The number of aliphatic hydroxyl groups excluding tert-OH is 1. The summed E-state index contributed by atoms with van der Waals surface area (Å²) in [6, 6.07) is 5.47. The van der Waals surface area contributed by atoms with Crippen LogP contribution in [0.5, 0.6) is 0 Å². The molecule has 1 atom stereocenters. The van der Waals surface area contributed by atoms with E-state index in [1.54, 1.807) is 6.07 Å². The smallest absolute Gasteiger partial charge is 0.313 e. The molecule has 0 bridgehead atoms. The van der Waals surface area contributed by atoms with Gasteiger partial charge >= 0.3 is 11.8 Å². The largest absolute Gasteiger partial charge is 0.396 e. The van der Waals surface area contributed by atoms with Gasteiger partial charge in [-0.15, -0.1) is 0 Å². The highest BCUT2D eigenvalue weighted by Gasteiger charge is 2.27. The van der Waals surface area contributed by atoms with E-state index in [1.165, 1.54) is 24.6 Å². The Kier molecular flexibility index (Phi) is 6.52. The van der Waals surface area contributed by atoms with E-state index in [9.17, 15) is 19.1 Å². The van der Waals surface area contributed by atoms with Gasteiger partial charge in [0.05, 0.1) is 5.69 Å². The Morgan fingerprint density at radius 3 is 2.52 bits per heavy atom. The van der Waals surface area contributed by atoms with Gasteiger partial charge in [-0.3, -0.25) is 9.59 Å². The first kappa shape index (κ1) is 17.4. The summed E-state index contributed by atoms with van der Waals surface area (Å²) in [6.07, 6.45) is 5.78. The second kappa shape index (κ2) is 8.62. The molecule has 1 aromatic carbocycles. The van der Waals surface area contributed by atoms with Crippen LogP contribution in [0, 0.1) is 11.7 Å². The van der Waals surface area contributed by atoms with Crippen LogP contribution < -0.4 is 10.6 Å². The Morgan fingerprint density at radius 1 is 1.17 bits per heavy atom. The molecule has 0 spiro atoms. The third kappa shape index (κ3) is 5.03. The Labute approximate surface area is 135 Å². The summed E-state index contributed by atoms with van der Waals surface area (Å²) in [5.74, 6) is -2.00. The fourth-order valence-electron chi connectivity index (χ4n) is 3.08. The van der Waals surface area contributed by atoms with Gasteiger partial charge in [0, 0.05) is 12.6 Å². The van der Waals surface area contributed by atoms with Crippen molar-refractivity contribution in [2.45, 2.75) is 44.6 Å². The molecule has 0 heterocycles. The van der Waals surface area contributed by atoms with Crippen molar-refractivity contribution in [2.75, 3.05) is 11.9 Å². The molecule has 6 heteroatoms. The van der Waals surface area contributed by atoms with Crippen molar-refractivity contribution in [3.05, 3.63) is 30.1 Å². The Balaban J connectivity index is 1.94. The number of carbonyl (C=O) groups is 2. The van der Waals surface area contributed by atoms with Crippen LogP contribution in [-0.2, 0) is 9.59 Å². The van der Waals surface area contributed by atoms with E-state index in [1.807, 2.05) is 0 Å². The van der Waals surface area contributed by atoms with E-state index in [0.717, 1.165) is 25.7 Å². The van der Waals surface area contributed by atoms with E-state index in [2.05, 4.69) is 10.6 Å². The predicted octanol–water partition coefficient (Wildman–Crippen LogP) is 2.21. The maximum absolute atomic E-state index is 13.5. The van der Waals surface area contributed by atoms with Gasteiger partial charge in [-0.2, -0.15) is 0 Å². The van der Waals surface area contributed by atoms with E-state index in [0.29, 0.717) is 6.42 Å². The van der Waals surface area contributed by atoms with Crippen LogP contribution in [0.3, 0.4) is 0 Å². The number of anilines is 1. The van der Waals surface area contributed by atoms with Crippen molar-refractivity contribution in [1.29, 1.82) is 0 Å². The number of aliphatic hydroxyl groups is 1. The van der Waals surface area contributed by atoms with Crippen molar-refractivity contribution in [3.63, 3.8) is 0 Å². The molecule has 23 heavy (non-hydrogen) atoms. The minimum Gasteiger partial charge on any atom is -0.396 e. The second-order valence-corrected chi connectivity index (χ2v) is 5.92. The van der Waals surface area contributed by atoms with Crippen LogP contribution in [0.25, 0.3) is 0 Å². The van der Waals surface area contributed by atoms with E-state index < -0.39 is 17.6 Å². The molecule has 126 valence electrons. The monoisotopic (exact) mass is 322 g/mol. The van der Waals surface area contributed by atoms with Crippen LogP contribution in [0.15, 0.2) is 24.3 Å². The van der Waals surface area contributed by atoms with Crippen molar-refractivity contribution in [1.82, 2.24) is 5.32 Å². The molecule has 2 amide bonds. The molecule has 1 saturated carbocycles. The highest BCUT2D eigenvalue weighted by Crippen LogP contribution is 2.27. The fourth-order valence-corrected chi connectivity index (χ4v) is 3.08. The summed E-state index contributed by atoms with van der Waals surface area (Å²) >= 11 is 0. The molecule has 1 unspecified atom stereocenters. The molecule has 2 rings (SSSR count). The summed E-state index contributed by atoms with van der Waals surface area (Å²) in [5, 5.41) is 14.2. The van der Waals surface area contributed by atoms with Crippen molar-refractivity contribution in [3.8, 4) is 0 Å². The summed E-state index contributed by atoms with van der Waals surface area (Å²) < 4.78 is 13.5. The molecule has 5 nitrogen and oxygen atoms in total. The van der Waals surface area contributed by atoms with Gasteiger partial charge in [0.25, 0.3) is 0 Å². The Bertz CT molecular complexity index is 544. The topological polar surface area (TPSA) is 78.4 Å². The first-order valence-corrected chi connectivity index (χ1v) is 8.09. The van der Waals surface area contributed by atoms with Gasteiger partial charge in [0.2, 0.25) is 0 Å². The predicted molar refractivity (Wildman–Crippen MR) is 85.2 cm³/mol. The number of rotatable bonds is 5. The number of hydrogen-bond donors (Lipinski definition) is 3. The van der Waals surface area contributed by atoms with Crippen LogP contribution in [-0.4, -0.2) is 29.6 Å². The number of hydrogen-bond acceptors (Lipinski definition) is 3. The number of benzene rings is 1. The average molecular weight is 322 g/mol. The third-order valence-corrected chi connectivity index (χ3v) is 4.30. The van der Waals surface area contributed by atoms with Crippen molar-refractivity contribution >= 4 is 17.5 Å². The summed E-state index contributed by atoms with van der Waals surface area (Å²) in [5.41, 5.74) is -0.0241. The number of para-hydroxylation sites is 1. The highest BCUT2D eigenvalue weighted by atomic mass is 19.1. The van der Waals surface area contributed by atoms with E-state index in [-0.39, 0.29) is 24.3 Å². The first-order chi connectivity index (χ1) is 11.1. The van der Waals surface area contributed by atoms with Crippen molar-refractivity contribution in [2.24, 2.45) is 5.92 Å². The van der Waals surface area contributed by atoms with Crippen LogP contribution in [0.2, 0.25) is 0 Å². The summed E-state index contributed by atoms with van der Waals surface area (Å²) in [6.45, 7) is -0.0453. The average Bonchev–Trinajstić information content (AvgIpc) is 2.57. The fraction of sp³-hybridized carbons (Fsp3) is 0.529. The number of carbonyl (C=O) groups excluding carboxylic acids is 2. The zero-order valence-electron chi connectivity index (χ0n) is 13.1. The summed E-state index contributed by atoms with van der Waals surface area (Å²) in [7, 11) is 0. The zero-order chi connectivity index (χ0) is 16.7. The van der Waals surface area contributed by atoms with Gasteiger partial charge < -0.3 is 15.7 Å².